The third kappa shape index (κ3) is 5.16. The van der Waals surface area contributed by atoms with Gasteiger partial charge in [-0.05, 0) is 60.7 Å². The average Bonchev–Trinajstić information content (AvgIpc) is 2.65. The van der Waals surface area contributed by atoms with E-state index < -0.39 is 0 Å². The van der Waals surface area contributed by atoms with Crippen molar-refractivity contribution < 1.29 is 19.0 Å². The van der Waals surface area contributed by atoms with Gasteiger partial charge in [-0.2, -0.15) is 0 Å². The third-order valence-corrected chi connectivity index (χ3v) is 4.51. The first-order valence-electron chi connectivity index (χ1n) is 9.11. The lowest BCUT2D eigenvalue weighted by Gasteiger charge is -2.21. The van der Waals surface area contributed by atoms with Crippen molar-refractivity contribution in [3.8, 4) is 17.2 Å². The molecule has 0 aliphatic carbocycles. The Morgan fingerprint density at radius 1 is 0.963 bits per heavy atom. The van der Waals surface area contributed by atoms with E-state index in [1.807, 2.05) is 32.0 Å². The molecule has 0 unspecified atom stereocenters. The summed E-state index contributed by atoms with van der Waals surface area (Å²) >= 11 is 0. The predicted molar refractivity (Wildman–Crippen MR) is 107 cm³/mol. The van der Waals surface area contributed by atoms with Crippen molar-refractivity contribution in [3.63, 3.8) is 0 Å². The number of carbonyl (C=O) groups is 1. The van der Waals surface area contributed by atoms with Crippen LogP contribution in [0.3, 0.4) is 0 Å². The number of rotatable bonds is 8. The normalized spacial score (nSPS) is 11.8. The van der Waals surface area contributed by atoms with Gasteiger partial charge in [0.05, 0.1) is 20.3 Å². The molecule has 1 amide bonds. The summed E-state index contributed by atoms with van der Waals surface area (Å²) in [7, 11) is 3.25. The van der Waals surface area contributed by atoms with Gasteiger partial charge in [0.25, 0.3) is 5.91 Å². The number of aryl methyl sites for hydroxylation is 1. The lowest BCUT2D eigenvalue weighted by molar-refractivity contribution is -0.123. The van der Waals surface area contributed by atoms with Crippen LogP contribution in [-0.4, -0.2) is 26.7 Å². The van der Waals surface area contributed by atoms with E-state index in [1.165, 1.54) is 0 Å². The van der Waals surface area contributed by atoms with E-state index >= 15 is 0 Å². The largest absolute Gasteiger partial charge is 0.496 e. The molecule has 0 radical (unpaired) electrons. The Balaban J connectivity index is 2.07. The Hall–Kier alpha value is -2.69. The van der Waals surface area contributed by atoms with Crippen LogP contribution in [-0.2, 0) is 4.79 Å². The smallest absolute Gasteiger partial charge is 0.258 e. The van der Waals surface area contributed by atoms with E-state index in [-0.39, 0.29) is 18.6 Å². The Bertz CT molecular complexity index is 786. The molecule has 5 heteroatoms. The molecule has 5 nitrogen and oxygen atoms in total. The summed E-state index contributed by atoms with van der Waals surface area (Å²) in [6.07, 6.45) is 0. The van der Waals surface area contributed by atoms with Gasteiger partial charge in [-0.25, -0.2) is 0 Å². The third-order valence-electron chi connectivity index (χ3n) is 4.51. The second-order valence-electron chi connectivity index (χ2n) is 6.83. The molecule has 1 atom stereocenters. The summed E-state index contributed by atoms with van der Waals surface area (Å²) in [5.74, 6) is 2.17. The van der Waals surface area contributed by atoms with Crippen LogP contribution in [0.5, 0.6) is 17.2 Å². The number of benzene rings is 2. The topological polar surface area (TPSA) is 56.8 Å². The molecule has 0 heterocycles. The van der Waals surface area contributed by atoms with E-state index in [9.17, 15) is 4.79 Å². The Kier molecular flexibility index (Phi) is 7.11. The summed E-state index contributed by atoms with van der Waals surface area (Å²) in [5, 5.41) is 3.00. The van der Waals surface area contributed by atoms with Gasteiger partial charge >= 0.3 is 0 Å². The Morgan fingerprint density at radius 3 is 2.19 bits per heavy atom. The maximum absolute atomic E-state index is 12.4. The van der Waals surface area contributed by atoms with Crippen LogP contribution < -0.4 is 19.5 Å². The van der Waals surface area contributed by atoms with Crippen LogP contribution in [0.25, 0.3) is 0 Å². The molecule has 0 spiro atoms. The number of hydrogen-bond donors (Lipinski definition) is 1. The molecule has 0 aliphatic rings. The molecule has 2 aromatic rings. The van der Waals surface area contributed by atoms with Crippen LogP contribution in [0, 0.1) is 6.92 Å². The van der Waals surface area contributed by atoms with Crippen molar-refractivity contribution in [3.05, 3.63) is 53.1 Å². The number of nitrogens with one attached hydrogen (secondary N) is 1. The summed E-state index contributed by atoms with van der Waals surface area (Å²) < 4.78 is 16.3. The van der Waals surface area contributed by atoms with Crippen molar-refractivity contribution in [1.82, 2.24) is 5.32 Å². The molecule has 0 aliphatic heterocycles. The van der Waals surface area contributed by atoms with E-state index in [0.717, 1.165) is 22.4 Å². The van der Waals surface area contributed by atoms with Gasteiger partial charge in [-0.3, -0.25) is 4.79 Å². The van der Waals surface area contributed by atoms with Gasteiger partial charge in [0.1, 0.15) is 5.75 Å². The van der Waals surface area contributed by atoms with Gasteiger partial charge in [0, 0.05) is 0 Å². The zero-order valence-electron chi connectivity index (χ0n) is 17.0. The second-order valence-corrected chi connectivity index (χ2v) is 6.83. The fourth-order valence-electron chi connectivity index (χ4n) is 3.05. The second kappa shape index (κ2) is 9.31. The number of hydrogen-bond acceptors (Lipinski definition) is 4. The number of methoxy groups -OCH3 is 2. The van der Waals surface area contributed by atoms with Crippen molar-refractivity contribution in [2.75, 3.05) is 20.8 Å². The highest BCUT2D eigenvalue weighted by atomic mass is 16.5. The van der Waals surface area contributed by atoms with Gasteiger partial charge in [0.15, 0.2) is 18.1 Å². The first-order chi connectivity index (χ1) is 12.9. The molecule has 0 saturated heterocycles. The SMILES string of the molecule is COc1ccccc1OCC(=O)N[C@H](C)c1cc(C(C)C)c(OC)cc1C. The quantitative estimate of drug-likeness (QED) is 0.748. The minimum Gasteiger partial charge on any atom is -0.496 e. The van der Waals surface area contributed by atoms with E-state index in [1.54, 1.807) is 26.4 Å². The number of ether oxygens (including phenoxy) is 3. The number of amides is 1. The van der Waals surface area contributed by atoms with E-state index in [0.29, 0.717) is 17.4 Å². The minimum absolute atomic E-state index is 0.0725. The number of carbonyl (C=O) groups excluding carboxylic acids is 1. The van der Waals surface area contributed by atoms with Crippen LogP contribution in [0.4, 0.5) is 0 Å². The molecule has 0 bridgehead atoms. The summed E-state index contributed by atoms with van der Waals surface area (Å²) in [5.41, 5.74) is 3.28. The van der Waals surface area contributed by atoms with Crippen molar-refractivity contribution >= 4 is 5.91 Å². The monoisotopic (exact) mass is 371 g/mol. The maximum atomic E-state index is 12.4. The van der Waals surface area contributed by atoms with Gasteiger partial charge in [-0.15, -0.1) is 0 Å². The molecule has 2 rings (SSSR count). The lowest BCUT2D eigenvalue weighted by atomic mass is 9.93. The van der Waals surface area contributed by atoms with Crippen molar-refractivity contribution in [2.24, 2.45) is 0 Å². The van der Waals surface area contributed by atoms with E-state index in [2.05, 4.69) is 25.2 Å². The summed E-state index contributed by atoms with van der Waals surface area (Å²) in [6.45, 7) is 8.18. The molecule has 146 valence electrons. The van der Waals surface area contributed by atoms with Crippen LogP contribution in [0.15, 0.2) is 36.4 Å². The molecule has 0 saturated carbocycles. The number of para-hydroxylation sites is 2. The first-order valence-corrected chi connectivity index (χ1v) is 9.11. The Morgan fingerprint density at radius 2 is 1.59 bits per heavy atom. The van der Waals surface area contributed by atoms with Crippen molar-refractivity contribution in [1.29, 1.82) is 0 Å². The van der Waals surface area contributed by atoms with Crippen LogP contribution >= 0.6 is 0 Å². The molecule has 0 aromatic heterocycles. The lowest BCUT2D eigenvalue weighted by Crippen LogP contribution is -2.31. The molecule has 27 heavy (non-hydrogen) atoms. The van der Waals surface area contributed by atoms with Crippen LogP contribution in [0.2, 0.25) is 0 Å². The summed E-state index contributed by atoms with van der Waals surface area (Å²) in [4.78, 5) is 12.4. The van der Waals surface area contributed by atoms with Crippen molar-refractivity contribution in [2.45, 2.75) is 39.7 Å². The highest BCUT2D eigenvalue weighted by Crippen LogP contribution is 2.32. The van der Waals surface area contributed by atoms with Gasteiger partial charge in [-0.1, -0.05) is 26.0 Å². The maximum Gasteiger partial charge on any atom is 0.258 e. The molecule has 2 aromatic carbocycles. The standard InChI is InChI=1S/C22H29NO4/c1-14(2)17-12-18(15(3)11-21(17)26-6)16(4)23-22(24)13-27-20-10-8-7-9-19(20)25-5/h7-12,14,16H,13H2,1-6H3,(H,23,24)/t16-/m1/s1. The van der Waals surface area contributed by atoms with E-state index in [4.69, 9.17) is 14.2 Å². The van der Waals surface area contributed by atoms with Gasteiger partial charge in [0.2, 0.25) is 0 Å². The first kappa shape index (κ1) is 20.6. The zero-order chi connectivity index (χ0) is 20.0. The Labute approximate surface area is 161 Å². The molecule has 0 fully saturated rings. The fraction of sp³-hybridized carbons (Fsp3) is 0.409. The van der Waals surface area contributed by atoms with Gasteiger partial charge < -0.3 is 19.5 Å². The molecular formula is C22H29NO4. The molecular weight excluding hydrogens is 342 g/mol. The highest BCUT2D eigenvalue weighted by molar-refractivity contribution is 5.78. The fourth-order valence-corrected chi connectivity index (χ4v) is 3.05. The van der Waals surface area contributed by atoms with Crippen LogP contribution in [0.1, 0.15) is 49.4 Å². The summed E-state index contributed by atoms with van der Waals surface area (Å²) in [6, 6.07) is 11.3. The average molecular weight is 371 g/mol. The predicted octanol–water partition coefficient (Wildman–Crippen LogP) is 4.39. The highest BCUT2D eigenvalue weighted by Gasteiger charge is 2.17. The minimum atomic E-state index is -0.185. The molecule has 1 N–H and O–H groups in total. The zero-order valence-corrected chi connectivity index (χ0v) is 17.0.